The van der Waals surface area contributed by atoms with Crippen molar-refractivity contribution >= 4 is 15.7 Å². The van der Waals surface area contributed by atoms with Crippen LogP contribution in [0.1, 0.15) is 11.3 Å². The molecule has 0 spiro atoms. The van der Waals surface area contributed by atoms with Crippen LogP contribution in [-0.4, -0.2) is 20.4 Å². The number of hydrogen-bond acceptors (Lipinski definition) is 5. The molecule has 0 atom stereocenters. The van der Waals surface area contributed by atoms with Crippen LogP contribution in [0, 0.1) is 6.92 Å². The lowest BCUT2D eigenvalue weighted by molar-refractivity contribution is 0.417. The zero-order chi connectivity index (χ0) is 13.9. The lowest BCUT2D eigenvalue weighted by Gasteiger charge is -2.04. The number of anilines is 1. The Balaban J connectivity index is 2.05. The van der Waals surface area contributed by atoms with Crippen LogP contribution >= 0.6 is 0 Å². The van der Waals surface area contributed by atoms with Gasteiger partial charge in [-0.3, -0.25) is 4.98 Å². The first kappa shape index (κ1) is 13.6. The topological polar surface area (TPSA) is 84.2 Å². The average molecular weight is 281 g/mol. The van der Waals surface area contributed by atoms with Crippen molar-refractivity contribution in [2.45, 2.75) is 18.6 Å². The summed E-state index contributed by atoms with van der Waals surface area (Å²) in [6.07, 6.45) is 3.46. The highest BCUT2D eigenvalue weighted by atomic mass is 32.2. The van der Waals surface area contributed by atoms with Crippen LogP contribution in [0.4, 0.5) is 5.69 Å². The molecule has 102 valence electrons. The maximum atomic E-state index is 11.5. The second-order valence-corrected chi connectivity index (χ2v) is 5.85. The van der Waals surface area contributed by atoms with Crippen LogP contribution in [0.25, 0.3) is 0 Å². The van der Waals surface area contributed by atoms with Crippen molar-refractivity contribution in [3.05, 3.63) is 41.9 Å². The summed E-state index contributed by atoms with van der Waals surface area (Å²) in [5, 5.41) is 3.02. The summed E-state index contributed by atoms with van der Waals surface area (Å²) in [7, 11) is -2.18. The van der Waals surface area contributed by atoms with Crippen molar-refractivity contribution < 1.29 is 12.8 Å². The molecule has 0 radical (unpaired) electrons. The Morgan fingerprint density at radius 1 is 1.32 bits per heavy atom. The number of sulfonamides is 1. The van der Waals surface area contributed by atoms with Crippen molar-refractivity contribution in [1.29, 1.82) is 0 Å². The van der Waals surface area contributed by atoms with Gasteiger partial charge in [0, 0.05) is 12.4 Å². The number of aryl methyl sites for hydroxylation is 1. The molecule has 0 unspecified atom stereocenters. The van der Waals surface area contributed by atoms with Gasteiger partial charge >= 0.3 is 0 Å². The van der Waals surface area contributed by atoms with E-state index in [2.05, 4.69) is 15.0 Å². The summed E-state index contributed by atoms with van der Waals surface area (Å²) >= 11 is 0. The van der Waals surface area contributed by atoms with E-state index in [1.54, 1.807) is 18.5 Å². The maximum absolute atomic E-state index is 11.5. The molecular formula is C12H15N3O3S. The van der Waals surface area contributed by atoms with Crippen LogP contribution in [0.2, 0.25) is 0 Å². The van der Waals surface area contributed by atoms with Gasteiger partial charge in [-0.25, -0.2) is 13.1 Å². The molecule has 0 aromatic carbocycles. The Morgan fingerprint density at radius 3 is 2.79 bits per heavy atom. The fraction of sp³-hybridized carbons (Fsp3) is 0.250. The summed E-state index contributed by atoms with van der Waals surface area (Å²) in [4.78, 5) is 4.06. The van der Waals surface area contributed by atoms with Gasteiger partial charge in [-0.15, -0.1) is 0 Å². The SMILES string of the molecule is CNS(=O)(=O)c1ccc(CNc2cncc(C)c2)o1. The molecule has 0 aliphatic heterocycles. The van der Waals surface area contributed by atoms with E-state index in [9.17, 15) is 8.42 Å². The number of pyridine rings is 1. The minimum Gasteiger partial charge on any atom is -0.446 e. The molecule has 2 aromatic rings. The maximum Gasteiger partial charge on any atom is 0.273 e. The Bertz CT molecular complexity index is 664. The molecule has 0 aliphatic carbocycles. The van der Waals surface area contributed by atoms with Crippen LogP contribution in [0.5, 0.6) is 0 Å². The molecule has 7 heteroatoms. The summed E-state index contributed by atoms with van der Waals surface area (Å²) in [5.74, 6) is 0.537. The predicted molar refractivity (Wildman–Crippen MR) is 71.3 cm³/mol. The molecule has 0 aliphatic rings. The Labute approximate surface area is 111 Å². The summed E-state index contributed by atoms with van der Waals surface area (Å²) in [6.45, 7) is 2.34. The van der Waals surface area contributed by atoms with Crippen LogP contribution in [-0.2, 0) is 16.6 Å². The third kappa shape index (κ3) is 3.33. The zero-order valence-corrected chi connectivity index (χ0v) is 11.5. The van der Waals surface area contributed by atoms with Crippen LogP contribution in [0.3, 0.4) is 0 Å². The van der Waals surface area contributed by atoms with Crippen molar-refractivity contribution in [3.8, 4) is 0 Å². The van der Waals surface area contributed by atoms with Gasteiger partial charge in [-0.2, -0.15) is 0 Å². The minimum atomic E-state index is -3.52. The third-order valence-electron chi connectivity index (χ3n) is 2.51. The number of furan rings is 1. The van der Waals surface area contributed by atoms with Gasteiger partial charge in [-0.05, 0) is 37.7 Å². The van der Waals surface area contributed by atoms with Gasteiger partial charge in [0.15, 0.2) is 0 Å². The fourth-order valence-electron chi connectivity index (χ4n) is 1.54. The zero-order valence-electron chi connectivity index (χ0n) is 10.7. The second-order valence-electron chi connectivity index (χ2n) is 4.03. The molecule has 0 saturated heterocycles. The van der Waals surface area contributed by atoms with E-state index in [4.69, 9.17) is 4.42 Å². The first-order chi connectivity index (χ1) is 9.01. The number of hydrogen-bond donors (Lipinski definition) is 2. The molecule has 6 nitrogen and oxygen atoms in total. The number of nitrogens with one attached hydrogen (secondary N) is 2. The van der Waals surface area contributed by atoms with Crippen LogP contribution in [0.15, 0.2) is 40.1 Å². The quantitative estimate of drug-likeness (QED) is 0.867. The van der Waals surface area contributed by atoms with Gasteiger partial charge in [0.1, 0.15) is 5.76 Å². The Kier molecular flexibility index (Phi) is 3.87. The van der Waals surface area contributed by atoms with E-state index in [-0.39, 0.29) is 5.09 Å². The van der Waals surface area contributed by atoms with Gasteiger partial charge in [-0.1, -0.05) is 0 Å². The summed E-state index contributed by atoms with van der Waals surface area (Å²) in [5.41, 5.74) is 1.90. The molecule has 2 N–H and O–H groups in total. The molecule has 2 rings (SSSR count). The highest BCUT2D eigenvalue weighted by molar-refractivity contribution is 7.89. The largest absolute Gasteiger partial charge is 0.446 e. The van der Waals surface area contributed by atoms with Gasteiger partial charge in [0.05, 0.1) is 12.2 Å². The van der Waals surface area contributed by atoms with Gasteiger partial charge in [0.25, 0.3) is 10.0 Å². The summed E-state index contributed by atoms with van der Waals surface area (Å²) < 4.78 is 30.5. The lowest BCUT2D eigenvalue weighted by atomic mass is 10.3. The van der Waals surface area contributed by atoms with Crippen LogP contribution < -0.4 is 10.0 Å². The highest BCUT2D eigenvalue weighted by Gasteiger charge is 2.16. The molecule has 2 heterocycles. The van der Waals surface area contributed by atoms with Crippen molar-refractivity contribution in [2.75, 3.05) is 12.4 Å². The monoisotopic (exact) mass is 281 g/mol. The normalized spacial score (nSPS) is 11.5. The molecule has 2 aromatic heterocycles. The molecule has 0 fully saturated rings. The fourth-order valence-corrected chi connectivity index (χ4v) is 2.20. The van der Waals surface area contributed by atoms with E-state index in [1.165, 1.54) is 13.1 Å². The Morgan fingerprint density at radius 2 is 2.11 bits per heavy atom. The molecule has 0 bridgehead atoms. The lowest BCUT2D eigenvalue weighted by Crippen LogP contribution is -2.17. The van der Waals surface area contributed by atoms with E-state index >= 15 is 0 Å². The van der Waals surface area contributed by atoms with E-state index in [0.29, 0.717) is 12.3 Å². The van der Waals surface area contributed by atoms with Crippen molar-refractivity contribution in [3.63, 3.8) is 0 Å². The van der Waals surface area contributed by atoms with Gasteiger partial charge in [0.2, 0.25) is 5.09 Å². The van der Waals surface area contributed by atoms with E-state index in [0.717, 1.165) is 11.3 Å². The first-order valence-corrected chi connectivity index (χ1v) is 7.17. The van der Waals surface area contributed by atoms with Crippen molar-refractivity contribution in [1.82, 2.24) is 9.71 Å². The Hall–Kier alpha value is -1.86. The third-order valence-corrected chi connectivity index (χ3v) is 3.80. The predicted octanol–water partition coefficient (Wildman–Crippen LogP) is 1.50. The standard InChI is InChI=1S/C12H15N3O3S/c1-9-5-10(7-14-6-9)15-8-11-3-4-12(18-11)19(16,17)13-2/h3-7,13,15H,8H2,1-2H3. The van der Waals surface area contributed by atoms with Crippen molar-refractivity contribution in [2.24, 2.45) is 0 Å². The molecule has 0 amide bonds. The summed E-state index contributed by atoms with van der Waals surface area (Å²) in [6, 6.07) is 5.00. The first-order valence-electron chi connectivity index (χ1n) is 5.69. The van der Waals surface area contributed by atoms with Gasteiger partial charge < -0.3 is 9.73 Å². The second kappa shape index (κ2) is 5.41. The molecular weight excluding hydrogens is 266 g/mol. The number of aromatic nitrogens is 1. The number of nitrogens with zero attached hydrogens (tertiary/aromatic N) is 1. The average Bonchev–Trinajstić information content (AvgIpc) is 2.86. The smallest absolute Gasteiger partial charge is 0.273 e. The molecule has 0 saturated carbocycles. The molecule has 19 heavy (non-hydrogen) atoms. The minimum absolute atomic E-state index is 0.0887. The van der Waals surface area contributed by atoms with E-state index in [1.807, 2.05) is 13.0 Å². The van der Waals surface area contributed by atoms with E-state index < -0.39 is 10.0 Å². The highest BCUT2D eigenvalue weighted by Crippen LogP contribution is 2.15. The number of rotatable bonds is 5.